The topological polar surface area (TPSA) is 57.6 Å². The van der Waals surface area contributed by atoms with Crippen molar-refractivity contribution < 1.29 is 19.1 Å². The molecule has 0 bridgehead atoms. The number of rotatable bonds is 3. The van der Waals surface area contributed by atoms with Gasteiger partial charge in [0.05, 0.1) is 12.1 Å². The molecule has 1 saturated carbocycles. The molecule has 1 fully saturated rings. The van der Waals surface area contributed by atoms with Crippen LogP contribution >= 0.6 is 0 Å². The van der Waals surface area contributed by atoms with Crippen LogP contribution in [0.25, 0.3) is 0 Å². The first-order chi connectivity index (χ1) is 12.5. The van der Waals surface area contributed by atoms with Gasteiger partial charge in [-0.25, -0.2) is 4.39 Å². The second-order valence-electron chi connectivity index (χ2n) is 7.28. The number of benzene rings is 2. The number of anilines is 1. The summed E-state index contributed by atoms with van der Waals surface area (Å²) in [5, 5.41) is 8.97. The Hall–Kier alpha value is -2.69. The van der Waals surface area contributed by atoms with Gasteiger partial charge >= 0.3 is 5.97 Å². The first-order valence-corrected chi connectivity index (χ1v) is 8.92. The molecule has 0 unspecified atom stereocenters. The highest BCUT2D eigenvalue weighted by atomic mass is 19.1. The number of fused-ring (bicyclic) bond motifs is 2. The molecule has 2 aromatic rings. The third-order valence-corrected chi connectivity index (χ3v) is 5.61. The van der Waals surface area contributed by atoms with Gasteiger partial charge < -0.3 is 10.0 Å². The van der Waals surface area contributed by atoms with Crippen molar-refractivity contribution >= 4 is 17.6 Å². The van der Waals surface area contributed by atoms with Crippen LogP contribution in [-0.4, -0.2) is 23.5 Å². The van der Waals surface area contributed by atoms with E-state index < -0.39 is 5.97 Å². The standard InChI is InChI=1S/C21H20FNO3/c22-16-7-4-8-17-19(16)21(9-1-2-10-21)13-23(17)20(26)15-6-3-5-14(11-15)12-18(24)25/h3-8,11H,1-2,9-10,12-13H2,(H,24,25). The Morgan fingerprint density at radius 1 is 1.12 bits per heavy atom. The van der Waals surface area contributed by atoms with Crippen molar-refractivity contribution in [2.75, 3.05) is 11.4 Å². The monoisotopic (exact) mass is 353 g/mol. The molecule has 0 radical (unpaired) electrons. The maximum Gasteiger partial charge on any atom is 0.307 e. The Morgan fingerprint density at radius 2 is 1.85 bits per heavy atom. The van der Waals surface area contributed by atoms with E-state index in [1.54, 1.807) is 35.2 Å². The average molecular weight is 353 g/mol. The van der Waals surface area contributed by atoms with Gasteiger partial charge in [0.25, 0.3) is 5.91 Å². The van der Waals surface area contributed by atoms with Crippen LogP contribution in [0.2, 0.25) is 0 Å². The van der Waals surface area contributed by atoms with Crippen molar-refractivity contribution in [2.24, 2.45) is 0 Å². The van der Waals surface area contributed by atoms with Gasteiger partial charge in [-0.2, -0.15) is 0 Å². The summed E-state index contributed by atoms with van der Waals surface area (Å²) in [4.78, 5) is 25.8. The number of carboxylic acids is 1. The van der Waals surface area contributed by atoms with E-state index in [-0.39, 0.29) is 23.6 Å². The maximum atomic E-state index is 14.6. The molecule has 4 nitrogen and oxygen atoms in total. The first kappa shape index (κ1) is 16.8. The molecule has 1 spiro atoms. The molecule has 134 valence electrons. The van der Waals surface area contributed by atoms with Gasteiger partial charge in [-0.3, -0.25) is 9.59 Å². The predicted molar refractivity (Wildman–Crippen MR) is 96.0 cm³/mol. The summed E-state index contributed by atoms with van der Waals surface area (Å²) in [7, 11) is 0. The smallest absolute Gasteiger partial charge is 0.307 e. The molecule has 0 aromatic heterocycles. The lowest BCUT2D eigenvalue weighted by atomic mass is 9.80. The van der Waals surface area contributed by atoms with Gasteiger partial charge in [-0.05, 0) is 42.7 Å². The highest BCUT2D eigenvalue weighted by Gasteiger charge is 2.48. The van der Waals surface area contributed by atoms with E-state index in [4.69, 9.17) is 5.11 Å². The molecule has 0 atom stereocenters. The van der Waals surface area contributed by atoms with E-state index in [0.29, 0.717) is 28.9 Å². The van der Waals surface area contributed by atoms with E-state index in [1.807, 2.05) is 6.07 Å². The van der Waals surface area contributed by atoms with Gasteiger partial charge in [0.1, 0.15) is 5.82 Å². The fourth-order valence-corrected chi connectivity index (χ4v) is 4.52. The molecule has 1 heterocycles. The Labute approximate surface area is 151 Å². The zero-order valence-electron chi connectivity index (χ0n) is 14.4. The van der Waals surface area contributed by atoms with Crippen LogP contribution in [0.15, 0.2) is 42.5 Å². The van der Waals surface area contributed by atoms with Gasteiger partial charge in [-0.1, -0.05) is 31.0 Å². The highest BCUT2D eigenvalue weighted by Crippen LogP contribution is 2.51. The molecule has 2 aromatic carbocycles. The molecular weight excluding hydrogens is 333 g/mol. The van der Waals surface area contributed by atoms with Gasteiger partial charge in [0, 0.05) is 23.1 Å². The maximum absolute atomic E-state index is 14.6. The quantitative estimate of drug-likeness (QED) is 0.910. The Morgan fingerprint density at radius 3 is 2.58 bits per heavy atom. The highest BCUT2D eigenvalue weighted by molar-refractivity contribution is 6.08. The molecule has 5 heteroatoms. The van der Waals surface area contributed by atoms with E-state index in [1.165, 1.54) is 6.07 Å². The fraction of sp³-hybridized carbons (Fsp3) is 0.333. The molecule has 4 rings (SSSR count). The first-order valence-electron chi connectivity index (χ1n) is 8.92. The second-order valence-corrected chi connectivity index (χ2v) is 7.28. The van der Waals surface area contributed by atoms with Crippen LogP contribution in [-0.2, 0) is 16.6 Å². The average Bonchev–Trinajstić information content (AvgIpc) is 3.21. The lowest BCUT2D eigenvalue weighted by Gasteiger charge is -2.25. The van der Waals surface area contributed by atoms with E-state index in [0.717, 1.165) is 25.7 Å². The van der Waals surface area contributed by atoms with Crippen molar-refractivity contribution in [3.63, 3.8) is 0 Å². The van der Waals surface area contributed by atoms with Crippen LogP contribution in [0.5, 0.6) is 0 Å². The number of halogens is 1. The fourth-order valence-electron chi connectivity index (χ4n) is 4.52. The lowest BCUT2D eigenvalue weighted by molar-refractivity contribution is -0.136. The molecular formula is C21H20FNO3. The number of hydrogen-bond acceptors (Lipinski definition) is 2. The molecule has 0 saturated heterocycles. The third-order valence-electron chi connectivity index (χ3n) is 5.61. The number of carboxylic acid groups (broad SMARTS) is 1. The Bertz CT molecular complexity index is 887. The number of aliphatic carboxylic acids is 1. The third kappa shape index (κ3) is 2.68. The van der Waals surface area contributed by atoms with Crippen molar-refractivity contribution in [1.29, 1.82) is 0 Å². The van der Waals surface area contributed by atoms with Crippen LogP contribution in [0.1, 0.15) is 47.2 Å². The summed E-state index contributed by atoms with van der Waals surface area (Å²) in [6, 6.07) is 11.6. The van der Waals surface area contributed by atoms with Gasteiger partial charge in [-0.15, -0.1) is 0 Å². The van der Waals surface area contributed by atoms with E-state index in [9.17, 15) is 14.0 Å². The number of carbonyl (C=O) groups excluding carboxylic acids is 1. The van der Waals surface area contributed by atoms with Crippen LogP contribution in [0, 0.1) is 5.82 Å². The summed E-state index contributed by atoms with van der Waals surface area (Å²) in [6.45, 7) is 0.491. The van der Waals surface area contributed by atoms with Crippen molar-refractivity contribution in [2.45, 2.75) is 37.5 Å². The Kier molecular flexibility index (Phi) is 4.02. The lowest BCUT2D eigenvalue weighted by Crippen LogP contribution is -2.35. The van der Waals surface area contributed by atoms with Crippen LogP contribution < -0.4 is 4.90 Å². The summed E-state index contributed by atoms with van der Waals surface area (Å²) in [5.74, 6) is -1.37. The zero-order chi connectivity index (χ0) is 18.3. The largest absolute Gasteiger partial charge is 0.481 e. The summed E-state index contributed by atoms with van der Waals surface area (Å²) in [6.07, 6.45) is 3.75. The van der Waals surface area contributed by atoms with E-state index >= 15 is 0 Å². The molecule has 1 aliphatic carbocycles. The molecule has 2 aliphatic rings. The predicted octanol–water partition coefficient (Wildman–Crippen LogP) is 3.93. The summed E-state index contributed by atoms with van der Waals surface area (Å²) in [5.41, 5.74) is 2.06. The molecule has 26 heavy (non-hydrogen) atoms. The van der Waals surface area contributed by atoms with Gasteiger partial charge in [0.15, 0.2) is 0 Å². The van der Waals surface area contributed by atoms with Crippen LogP contribution in [0.3, 0.4) is 0 Å². The van der Waals surface area contributed by atoms with Crippen LogP contribution in [0.4, 0.5) is 10.1 Å². The second kappa shape index (κ2) is 6.24. The zero-order valence-corrected chi connectivity index (χ0v) is 14.4. The SMILES string of the molecule is O=C(O)Cc1cccc(C(=O)N2CC3(CCCC3)c3c(F)cccc32)c1. The number of nitrogens with zero attached hydrogens (tertiary/aromatic N) is 1. The van der Waals surface area contributed by atoms with Gasteiger partial charge in [0.2, 0.25) is 0 Å². The summed E-state index contributed by atoms with van der Waals surface area (Å²) >= 11 is 0. The van der Waals surface area contributed by atoms with Crippen molar-refractivity contribution in [3.05, 3.63) is 65.0 Å². The molecule has 1 aliphatic heterocycles. The minimum absolute atomic E-state index is 0.129. The van der Waals surface area contributed by atoms with Crippen molar-refractivity contribution in [1.82, 2.24) is 0 Å². The minimum Gasteiger partial charge on any atom is -0.481 e. The normalized spacial score (nSPS) is 17.5. The number of hydrogen-bond donors (Lipinski definition) is 1. The minimum atomic E-state index is -0.937. The summed E-state index contributed by atoms with van der Waals surface area (Å²) < 4.78 is 14.6. The van der Waals surface area contributed by atoms with E-state index in [2.05, 4.69) is 0 Å². The number of amides is 1. The number of carbonyl (C=O) groups is 2. The molecule has 1 amide bonds. The van der Waals surface area contributed by atoms with Crippen molar-refractivity contribution in [3.8, 4) is 0 Å². The Balaban J connectivity index is 1.72. The molecule has 1 N–H and O–H groups in total.